The summed E-state index contributed by atoms with van der Waals surface area (Å²) in [5.41, 5.74) is 2.65. The number of carbonyl (C=O) groups is 1. The van der Waals surface area contributed by atoms with Crippen molar-refractivity contribution in [3.8, 4) is 0 Å². The Kier molecular flexibility index (Phi) is 2.78. The van der Waals surface area contributed by atoms with E-state index >= 15 is 0 Å². The number of carbonyl (C=O) groups excluding carboxylic acids is 1. The van der Waals surface area contributed by atoms with Gasteiger partial charge in [-0.25, -0.2) is 4.79 Å². The number of rotatable bonds is 3. The SMILES string of the molecule is CCOC(=O)c1cc2ccc(C3CC3)cn2c1Cl. The van der Waals surface area contributed by atoms with Crippen LogP contribution < -0.4 is 0 Å². The molecule has 0 bridgehead atoms. The van der Waals surface area contributed by atoms with Gasteiger partial charge in [0, 0.05) is 11.7 Å². The predicted octanol–water partition coefficient (Wildman–Crippen LogP) is 3.65. The Bertz CT molecular complexity index is 614. The Morgan fingerprint density at radius 3 is 2.94 bits per heavy atom. The van der Waals surface area contributed by atoms with Crippen molar-refractivity contribution >= 4 is 23.1 Å². The summed E-state index contributed by atoms with van der Waals surface area (Å²) in [7, 11) is 0. The van der Waals surface area contributed by atoms with Gasteiger partial charge >= 0.3 is 5.97 Å². The minimum Gasteiger partial charge on any atom is -0.462 e. The second kappa shape index (κ2) is 4.32. The van der Waals surface area contributed by atoms with Crippen LogP contribution in [0.3, 0.4) is 0 Å². The molecular weight excluding hydrogens is 250 g/mol. The molecule has 1 aliphatic rings. The summed E-state index contributed by atoms with van der Waals surface area (Å²) in [6.45, 7) is 2.14. The first-order valence-electron chi connectivity index (χ1n) is 6.18. The maximum absolute atomic E-state index is 11.7. The molecule has 2 aromatic rings. The van der Waals surface area contributed by atoms with Crippen LogP contribution in [0, 0.1) is 0 Å². The van der Waals surface area contributed by atoms with Gasteiger partial charge in [0.05, 0.1) is 12.2 Å². The molecule has 1 saturated carbocycles. The number of hydrogen-bond acceptors (Lipinski definition) is 2. The van der Waals surface area contributed by atoms with E-state index in [0.29, 0.717) is 23.2 Å². The van der Waals surface area contributed by atoms with E-state index in [1.165, 1.54) is 18.4 Å². The molecule has 0 aromatic carbocycles. The number of fused-ring (bicyclic) bond motifs is 1. The number of ether oxygens (including phenoxy) is 1. The van der Waals surface area contributed by atoms with Gasteiger partial charge in [-0.3, -0.25) is 0 Å². The Morgan fingerprint density at radius 2 is 2.28 bits per heavy atom. The van der Waals surface area contributed by atoms with Crippen molar-refractivity contribution in [1.82, 2.24) is 4.40 Å². The number of halogens is 1. The maximum Gasteiger partial charge on any atom is 0.341 e. The lowest BCUT2D eigenvalue weighted by Gasteiger charge is -2.02. The molecule has 0 N–H and O–H groups in total. The Morgan fingerprint density at radius 1 is 1.50 bits per heavy atom. The van der Waals surface area contributed by atoms with Gasteiger partial charge in [0.15, 0.2) is 0 Å². The van der Waals surface area contributed by atoms with Gasteiger partial charge in [-0.05, 0) is 43.4 Å². The molecule has 1 fully saturated rings. The third-order valence-electron chi connectivity index (χ3n) is 3.27. The van der Waals surface area contributed by atoms with Crippen LogP contribution in [0.1, 0.15) is 41.6 Å². The second-order valence-corrected chi connectivity index (χ2v) is 4.96. The standard InChI is InChI=1S/C14H14ClNO2/c1-2-18-14(17)12-7-11-6-5-10(9-3-4-9)8-16(11)13(12)15/h5-9H,2-4H2,1H3. The highest BCUT2D eigenvalue weighted by atomic mass is 35.5. The summed E-state index contributed by atoms with van der Waals surface area (Å²) in [5, 5.41) is 0.436. The lowest BCUT2D eigenvalue weighted by Crippen LogP contribution is -2.03. The van der Waals surface area contributed by atoms with Gasteiger partial charge in [0.1, 0.15) is 5.15 Å². The van der Waals surface area contributed by atoms with Crippen LogP contribution in [0.2, 0.25) is 5.15 Å². The lowest BCUT2D eigenvalue weighted by atomic mass is 10.2. The van der Waals surface area contributed by atoms with Gasteiger partial charge < -0.3 is 9.14 Å². The Hall–Kier alpha value is -1.48. The summed E-state index contributed by atoms with van der Waals surface area (Å²) >= 11 is 6.25. The number of aromatic nitrogens is 1. The molecule has 0 unspecified atom stereocenters. The molecule has 0 saturated heterocycles. The molecular formula is C14H14ClNO2. The van der Waals surface area contributed by atoms with Crippen molar-refractivity contribution in [2.45, 2.75) is 25.7 Å². The number of esters is 1. The van der Waals surface area contributed by atoms with Crippen LogP contribution in [0.25, 0.3) is 5.52 Å². The van der Waals surface area contributed by atoms with E-state index in [1.54, 1.807) is 13.0 Å². The molecule has 3 nitrogen and oxygen atoms in total. The molecule has 18 heavy (non-hydrogen) atoms. The van der Waals surface area contributed by atoms with E-state index in [0.717, 1.165) is 5.52 Å². The summed E-state index contributed by atoms with van der Waals surface area (Å²) in [6, 6.07) is 5.89. The highest BCUT2D eigenvalue weighted by Gasteiger charge is 2.24. The first-order valence-corrected chi connectivity index (χ1v) is 6.56. The minimum absolute atomic E-state index is 0.356. The molecule has 2 heterocycles. The van der Waals surface area contributed by atoms with Crippen LogP contribution in [-0.4, -0.2) is 17.0 Å². The van der Waals surface area contributed by atoms with Crippen molar-refractivity contribution in [2.75, 3.05) is 6.61 Å². The van der Waals surface area contributed by atoms with Gasteiger partial charge in [0.25, 0.3) is 0 Å². The second-order valence-electron chi connectivity index (χ2n) is 4.60. The molecule has 0 atom stereocenters. The van der Waals surface area contributed by atoms with E-state index < -0.39 is 0 Å². The van der Waals surface area contributed by atoms with E-state index in [2.05, 4.69) is 6.07 Å². The van der Waals surface area contributed by atoms with Gasteiger partial charge in [-0.15, -0.1) is 0 Å². The zero-order valence-corrected chi connectivity index (χ0v) is 10.9. The fourth-order valence-corrected chi connectivity index (χ4v) is 2.44. The highest BCUT2D eigenvalue weighted by Crippen LogP contribution is 2.40. The smallest absolute Gasteiger partial charge is 0.341 e. The molecule has 0 aliphatic heterocycles. The molecule has 1 aliphatic carbocycles. The van der Waals surface area contributed by atoms with Crippen molar-refractivity contribution < 1.29 is 9.53 Å². The van der Waals surface area contributed by atoms with Gasteiger partial charge in [-0.1, -0.05) is 17.7 Å². The highest BCUT2D eigenvalue weighted by molar-refractivity contribution is 6.33. The monoisotopic (exact) mass is 263 g/mol. The molecule has 4 heteroatoms. The van der Waals surface area contributed by atoms with Crippen LogP contribution >= 0.6 is 11.6 Å². The fraction of sp³-hybridized carbons (Fsp3) is 0.357. The van der Waals surface area contributed by atoms with E-state index in [9.17, 15) is 4.79 Å². The zero-order valence-electron chi connectivity index (χ0n) is 10.1. The summed E-state index contributed by atoms with van der Waals surface area (Å²) in [4.78, 5) is 11.7. The largest absolute Gasteiger partial charge is 0.462 e. The van der Waals surface area contributed by atoms with Gasteiger partial charge in [0.2, 0.25) is 0 Å². The third-order valence-corrected chi connectivity index (χ3v) is 3.66. The van der Waals surface area contributed by atoms with Crippen molar-refractivity contribution in [3.63, 3.8) is 0 Å². The predicted molar refractivity (Wildman–Crippen MR) is 70.3 cm³/mol. The first-order chi connectivity index (χ1) is 8.70. The van der Waals surface area contributed by atoms with Crippen LogP contribution in [0.15, 0.2) is 24.4 Å². The van der Waals surface area contributed by atoms with Crippen LogP contribution in [-0.2, 0) is 4.74 Å². The maximum atomic E-state index is 11.7. The quantitative estimate of drug-likeness (QED) is 0.792. The van der Waals surface area contributed by atoms with Crippen molar-refractivity contribution in [3.05, 3.63) is 40.7 Å². The third kappa shape index (κ3) is 1.89. The average Bonchev–Trinajstić information content (AvgIpc) is 3.15. The molecule has 2 aromatic heterocycles. The van der Waals surface area contributed by atoms with E-state index in [4.69, 9.17) is 16.3 Å². The Balaban J connectivity index is 2.06. The summed E-state index contributed by atoms with van der Waals surface area (Å²) < 4.78 is 6.85. The number of pyridine rings is 1. The number of hydrogen-bond donors (Lipinski definition) is 0. The topological polar surface area (TPSA) is 30.7 Å². The zero-order chi connectivity index (χ0) is 12.7. The Labute approximate surface area is 110 Å². The van der Waals surface area contributed by atoms with E-state index in [1.807, 2.05) is 16.7 Å². The lowest BCUT2D eigenvalue weighted by molar-refractivity contribution is 0.0527. The molecule has 94 valence electrons. The minimum atomic E-state index is -0.362. The normalized spacial score (nSPS) is 15.0. The summed E-state index contributed by atoms with van der Waals surface area (Å²) in [5.74, 6) is 0.304. The van der Waals surface area contributed by atoms with Gasteiger partial charge in [-0.2, -0.15) is 0 Å². The molecule has 3 rings (SSSR count). The van der Waals surface area contributed by atoms with E-state index in [-0.39, 0.29) is 5.97 Å². The summed E-state index contributed by atoms with van der Waals surface area (Å²) in [6.07, 6.45) is 4.52. The molecule has 0 spiro atoms. The first kappa shape index (κ1) is 11.6. The van der Waals surface area contributed by atoms with Crippen LogP contribution in [0.5, 0.6) is 0 Å². The molecule has 0 radical (unpaired) electrons. The molecule has 0 amide bonds. The number of nitrogens with zero attached hydrogens (tertiary/aromatic N) is 1. The van der Waals surface area contributed by atoms with Crippen molar-refractivity contribution in [2.24, 2.45) is 0 Å². The average molecular weight is 264 g/mol. The fourth-order valence-electron chi connectivity index (χ4n) is 2.16. The van der Waals surface area contributed by atoms with Crippen LogP contribution in [0.4, 0.5) is 0 Å². The van der Waals surface area contributed by atoms with Crippen molar-refractivity contribution in [1.29, 1.82) is 0 Å².